The number of rotatable bonds is 5. The van der Waals surface area contributed by atoms with E-state index in [0.29, 0.717) is 16.9 Å². The fourth-order valence-electron chi connectivity index (χ4n) is 3.04. The molecular weight excluding hydrogens is 342 g/mol. The van der Waals surface area contributed by atoms with Crippen LogP contribution in [0.1, 0.15) is 16.1 Å². The van der Waals surface area contributed by atoms with E-state index in [0.717, 1.165) is 16.2 Å². The number of phenolic OH excluding ortho intramolecular Hbond substituents is 1. The van der Waals surface area contributed by atoms with Gasteiger partial charge in [-0.1, -0.05) is 36.4 Å². The van der Waals surface area contributed by atoms with E-state index in [1.54, 1.807) is 24.3 Å². The van der Waals surface area contributed by atoms with E-state index in [4.69, 9.17) is 9.15 Å². The minimum atomic E-state index is -0.228. The topological polar surface area (TPSA) is 72.0 Å². The average molecular weight is 359 g/mol. The van der Waals surface area contributed by atoms with Crippen LogP contribution in [-0.4, -0.2) is 30.8 Å². The van der Waals surface area contributed by atoms with Crippen molar-refractivity contribution >= 4 is 33.7 Å². The van der Waals surface area contributed by atoms with Gasteiger partial charge in [0.05, 0.1) is 7.11 Å². The van der Waals surface area contributed by atoms with Gasteiger partial charge in [-0.3, -0.25) is 9.79 Å². The zero-order valence-corrected chi connectivity index (χ0v) is 14.7. The van der Waals surface area contributed by atoms with E-state index in [9.17, 15) is 9.90 Å². The SMILES string of the molecule is COc1cccc(C=NCC(=O)c2cc3c(ccc4ccccc43)o2)c1O. The lowest BCUT2D eigenvalue weighted by atomic mass is 10.1. The van der Waals surface area contributed by atoms with Crippen LogP contribution in [0, 0.1) is 0 Å². The molecule has 5 nitrogen and oxygen atoms in total. The highest BCUT2D eigenvalue weighted by Crippen LogP contribution is 2.29. The molecule has 0 radical (unpaired) electrons. The number of Topliss-reactive ketones (excluding diaryl/α,β-unsaturated/α-hetero) is 1. The molecule has 5 heteroatoms. The molecule has 0 aliphatic rings. The number of benzene rings is 3. The number of para-hydroxylation sites is 1. The first-order chi connectivity index (χ1) is 13.2. The van der Waals surface area contributed by atoms with Gasteiger partial charge in [-0.15, -0.1) is 0 Å². The molecule has 134 valence electrons. The third kappa shape index (κ3) is 3.15. The Kier molecular flexibility index (Phi) is 4.34. The van der Waals surface area contributed by atoms with Gasteiger partial charge < -0.3 is 14.3 Å². The van der Waals surface area contributed by atoms with Crippen LogP contribution in [0.2, 0.25) is 0 Å². The largest absolute Gasteiger partial charge is 0.504 e. The molecule has 1 aromatic heterocycles. The van der Waals surface area contributed by atoms with Gasteiger partial charge in [-0.05, 0) is 35.0 Å². The second-order valence-electron chi connectivity index (χ2n) is 6.10. The third-order valence-electron chi connectivity index (χ3n) is 4.42. The summed E-state index contributed by atoms with van der Waals surface area (Å²) in [6.07, 6.45) is 1.45. The molecule has 0 aliphatic carbocycles. The first-order valence-corrected chi connectivity index (χ1v) is 8.47. The number of fused-ring (bicyclic) bond motifs is 3. The van der Waals surface area contributed by atoms with Crippen LogP contribution < -0.4 is 4.74 Å². The summed E-state index contributed by atoms with van der Waals surface area (Å²) >= 11 is 0. The molecule has 0 unspecified atom stereocenters. The van der Waals surface area contributed by atoms with Gasteiger partial charge in [-0.2, -0.15) is 0 Å². The van der Waals surface area contributed by atoms with Crippen LogP contribution in [0.15, 0.2) is 70.1 Å². The van der Waals surface area contributed by atoms with Crippen molar-refractivity contribution in [3.8, 4) is 11.5 Å². The van der Waals surface area contributed by atoms with Gasteiger partial charge in [0.2, 0.25) is 5.78 Å². The zero-order valence-electron chi connectivity index (χ0n) is 14.7. The molecule has 0 aliphatic heterocycles. The Bertz CT molecular complexity index is 1170. The Hall–Kier alpha value is -3.60. The Balaban J connectivity index is 1.57. The fourth-order valence-corrected chi connectivity index (χ4v) is 3.04. The second-order valence-corrected chi connectivity index (χ2v) is 6.10. The van der Waals surface area contributed by atoms with Gasteiger partial charge in [-0.25, -0.2) is 0 Å². The molecule has 0 saturated carbocycles. The monoisotopic (exact) mass is 359 g/mol. The van der Waals surface area contributed by atoms with E-state index in [1.807, 2.05) is 36.4 Å². The minimum absolute atomic E-state index is 0.00796. The molecule has 0 fully saturated rings. The molecule has 3 aromatic carbocycles. The maximum absolute atomic E-state index is 12.5. The Morgan fingerprint density at radius 2 is 1.96 bits per heavy atom. The normalized spacial score (nSPS) is 11.4. The minimum Gasteiger partial charge on any atom is -0.504 e. The van der Waals surface area contributed by atoms with Crippen LogP contribution in [0.25, 0.3) is 21.7 Å². The number of phenols is 1. The highest BCUT2D eigenvalue weighted by molar-refractivity contribution is 6.09. The molecule has 1 N–H and O–H groups in total. The van der Waals surface area contributed by atoms with Crippen molar-refractivity contribution in [2.45, 2.75) is 0 Å². The predicted molar refractivity (Wildman–Crippen MR) is 105 cm³/mol. The average Bonchev–Trinajstić information content (AvgIpc) is 3.14. The number of aliphatic imine (C=N–C) groups is 1. The first kappa shape index (κ1) is 16.8. The predicted octanol–water partition coefficient (Wildman–Crippen LogP) is 4.60. The number of ketones is 1. The summed E-state index contributed by atoms with van der Waals surface area (Å²) in [4.78, 5) is 16.6. The maximum Gasteiger partial charge on any atom is 0.219 e. The number of furan rings is 1. The number of carbonyl (C=O) groups is 1. The molecule has 4 rings (SSSR count). The van der Waals surface area contributed by atoms with Crippen LogP contribution in [-0.2, 0) is 0 Å². The van der Waals surface area contributed by atoms with Gasteiger partial charge in [0.25, 0.3) is 0 Å². The maximum atomic E-state index is 12.5. The van der Waals surface area contributed by atoms with E-state index in [1.165, 1.54) is 13.3 Å². The summed E-state index contributed by atoms with van der Waals surface area (Å²) in [6.45, 7) is -0.0750. The molecule has 0 atom stereocenters. The van der Waals surface area contributed by atoms with Crippen molar-refractivity contribution in [2.24, 2.45) is 4.99 Å². The smallest absolute Gasteiger partial charge is 0.219 e. The first-order valence-electron chi connectivity index (χ1n) is 8.47. The van der Waals surface area contributed by atoms with Crippen LogP contribution in [0.3, 0.4) is 0 Å². The molecule has 0 amide bonds. The van der Waals surface area contributed by atoms with Crippen molar-refractivity contribution in [2.75, 3.05) is 13.7 Å². The molecule has 0 saturated heterocycles. The van der Waals surface area contributed by atoms with Gasteiger partial charge in [0.1, 0.15) is 12.1 Å². The number of carbonyl (C=O) groups excluding carboxylic acids is 1. The van der Waals surface area contributed by atoms with Crippen molar-refractivity contribution in [1.82, 2.24) is 0 Å². The molecule has 1 heterocycles. The molecular formula is C22H17NO4. The summed E-state index contributed by atoms with van der Waals surface area (Å²) in [5.74, 6) is 0.392. The van der Waals surface area contributed by atoms with E-state index in [2.05, 4.69) is 4.99 Å². The number of hydrogen-bond donors (Lipinski definition) is 1. The van der Waals surface area contributed by atoms with Gasteiger partial charge in [0.15, 0.2) is 17.3 Å². The summed E-state index contributed by atoms with van der Waals surface area (Å²) in [6, 6.07) is 18.6. The Labute approximate surface area is 155 Å². The number of methoxy groups -OCH3 is 1. The summed E-state index contributed by atoms with van der Waals surface area (Å²) in [5.41, 5.74) is 1.16. The lowest BCUT2D eigenvalue weighted by Gasteiger charge is -2.04. The van der Waals surface area contributed by atoms with Gasteiger partial charge >= 0.3 is 0 Å². The van der Waals surface area contributed by atoms with Crippen molar-refractivity contribution in [3.63, 3.8) is 0 Å². The quantitative estimate of drug-likeness (QED) is 0.417. The van der Waals surface area contributed by atoms with E-state index < -0.39 is 0 Å². The van der Waals surface area contributed by atoms with Crippen LogP contribution in [0.4, 0.5) is 0 Å². The molecule has 0 spiro atoms. The van der Waals surface area contributed by atoms with E-state index >= 15 is 0 Å². The second kappa shape index (κ2) is 6.96. The van der Waals surface area contributed by atoms with Crippen molar-refractivity contribution in [1.29, 1.82) is 0 Å². The molecule has 0 bridgehead atoms. The highest BCUT2D eigenvalue weighted by atomic mass is 16.5. The number of nitrogens with zero attached hydrogens (tertiary/aromatic N) is 1. The summed E-state index contributed by atoms with van der Waals surface area (Å²) in [5, 5.41) is 13.1. The van der Waals surface area contributed by atoms with Gasteiger partial charge in [0, 0.05) is 17.2 Å². The number of aromatic hydroxyl groups is 1. The third-order valence-corrected chi connectivity index (χ3v) is 4.42. The summed E-state index contributed by atoms with van der Waals surface area (Å²) < 4.78 is 10.8. The Morgan fingerprint density at radius 1 is 1.11 bits per heavy atom. The lowest BCUT2D eigenvalue weighted by molar-refractivity contribution is 0.0978. The Morgan fingerprint density at radius 3 is 2.81 bits per heavy atom. The molecule has 4 aromatic rings. The standard InChI is InChI=1S/C22H17NO4/c1-26-20-8-4-6-15(22(20)25)12-23-13-18(24)21-11-17-16-7-3-2-5-14(16)9-10-19(17)27-21/h2-12,25H,13H2,1H3. The number of ether oxygens (including phenoxy) is 1. The lowest BCUT2D eigenvalue weighted by Crippen LogP contribution is -2.02. The fraction of sp³-hybridized carbons (Fsp3) is 0.0909. The highest BCUT2D eigenvalue weighted by Gasteiger charge is 2.13. The zero-order chi connectivity index (χ0) is 18.8. The van der Waals surface area contributed by atoms with E-state index in [-0.39, 0.29) is 23.8 Å². The van der Waals surface area contributed by atoms with Crippen molar-refractivity contribution < 1.29 is 19.1 Å². The number of hydrogen-bond acceptors (Lipinski definition) is 5. The van der Waals surface area contributed by atoms with Crippen LogP contribution in [0.5, 0.6) is 11.5 Å². The summed E-state index contributed by atoms with van der Waals surface area (Å²) in [7, 11) is 1.48. The molecule has 27 heavy (non-hydrogen) atoms. The van der Waals surface area contributed by atoms with Crippen LogP contribution >= 0.6 is 0 Å². The van der Waals surface area contributed by atoms with Crippen molar-refractivity contribution in [3.05, 3.63) is 72.0 Å².